The van der Waals surface area contributed by atoms with Crippen molar-refractivity contribution >= 4 is 17.7 Å². The number of carboxylic acids is 1. The molecule has 7 heteroatoms. The van der Waals surface area contributed by atoms with Gasteiger partial charge in [0.25, 0.3) is 0 Å². The summed E-state index contributed by atoms with van der Waals surface area (Å²) in [5, 5.41) is 18.2. The van der Waals surface area contributed by atoms with Crippen molar-refractivity contribution in [3.8, 4) is 6.07 Å². The predicted molar refractivity (Wildman–Crippen MR) is 123 cm³/mol. The number of carbonyl (C=O) groups is 1. The number of ether oxygens (including phenoxy) is 2. The normalized spacial score (nSPS) is 21.3. The number of aromatic nitrogens is 1. The third-order valence-electron chi connectivity index (χ3n) is 5.25. The number of allylic oxidation sites excluding steroid dienone is 2. The summed E-state index contributed by atoms with van der Waals surface area (Å²) < 4.78 is 12.2. The van der Waals surface area contributed by atoms with Gasteiger partial charge >= 0.3 is 5.97 Å². The van der Waals surface area contributed by atoms with E-state index in [4.69, 9.17) is 14.6 Å². The van der Waals surface area contributed by atoms with Crippen molar-refractivity contribution in [1.82, 2.24) is 4.98 Å². The van der Waals surface area contributed by atoms with E-state index in [1.807, 2.05) is 54.7 Å². The fraction of sp³-hybridized carbons (Fsp3) is 0.400. The van der Waals surface area contributed by atoms with Crippen molar-refractivity contribution < 1.29 is 19.4 Å². The number of nitrogens with zero attached hydrogens (tertiary/aromatic N) is 2. The van der Waals surface area contributed by atoms with Crippen LogP contribution in [0.5, 0.6) is 0 Å². The summed E-state index contributed by atoms with van der Waals surface area (Å²) in [5.41, 5.74) is 1.62. The molecule has 168 valence electrons. The number of benzene rings is 1. The Labute approximate surface area is 193 Å². The van der Waals surface area contributed by atoms with Crippen LogP contribution in [0, 0.1) is 17.2 Å². The minimum absolute atomic E-state index is 0.0868. The van der Waals surface area contributed by atoms with Crippen LogP contribution in [0.3, 0.4) is 0 Å². The van der Waals surface area contributed by atoms with Crippen molar-refractivity contribution in [1.29, 1.82) is 5.26 Å². The highest BCUT2D eigenvalue weighted by Gasteiger charge is 2.41. The molecule has 0 unspecified atom stereocenters. The van der Waals surface area contributed by atoms with Crippen molar-refractivity contribution in [2.45, 2.75) is 55.1 Å². The number of hydrogen-bond donors (Lipinski definition) is 1. The lowest BCUT2D eigenvalue weighted by molar-refractivity contribution is -0.248. The highest BCUT2D eigenvalue weighted by atomic mass is 32.2. The summed E-state index contributed by atoms with van der Waals surface area (Å²) in [7, 11) is 0. The molecule has 3 atom stereocenters. The Morgan fingerprint density at radius 2 is 2.12 bits per heavy atom. The Hall–Kier alpha value is -2.66. The molecule has 1 aliphatic rings. The lowest BCUT2D eigenvalue weighted by Gasteiger charge is -2.42. The second-order valence-corrected chi connectivity index (χ2v) is 9.92. The minimum Gasteiger partial charge on any atom is -0.481 e. The first-order chi connectivity index (χ1) is 15.4. The van der Waals surface area contributed by atoms with E-state index < -0.39 is 17.0 Å². The van der Waals surface area contributed by atoms with E-state index in [0.29, 0.717) is 18.6 Å². The summed E-state index contributed by atoms with van der Waals surface area (Å²) in [6.45, 7) is 4.63. The predicted octanol–water partition coefficient (Wildman–Crippen LogP) is 5.37. The first kappa shape index (κ1) is 24.0. The van der Waals surface area contributed by atoms with E-state index in [1.54, 1.807) is 18.0 Å². The van der Waals surface area contributed by atoms with Gasteiger partial charge in [-0.3, -0.25) is 9.78 Å². The van der Waals surface area contributed by atoms with Crippen LogP contribution in [-0.4, -0.2) is 33.7 Å². The molecule has 2 heterocycles. The van der Waals surface area contributed by atoms with Crippen LogP contribution < -0.4 is 0 Å². The van der Waals surface area contributed by atoms with Gasteiger partial charge in [0.05, 0.1) is 23.0 Å². The molecule has 32 heavy (non-hydrogen) atoms. The van der Waals surface area contributed by atoms with E-state index in [0.717, 1.165) is 16.9 Å². The van der Waals surface area contributed by atoms with Gasteiger partial charge in [0.2, 0.25) is 0 Å². The van der Waals surface area contributed by atoms with E-state index in [1.165, 1.54) is 0 Å². The van der Waals surface area contributed by atoms with Crippen molar-refractivity contribution in [2.24, 2.45) is 5.92 Å². The zero-order valence-electron chi connectivity index (χ0n) is 18.3. The van der Waals surface area contributed by atoms with Crippen LogP contribution in [0.4, 0.5) is 0 Å². The summed E-state index contributed by atoms with van der Waals surface area (Å²) in [5.74, 6) is -0.712. The maximum atomic E-state index is 10.7. The minimum atomic E-state index is -0.798. The van der Waals surface area contributed by atoms with Gasteiger partial charge in [-0.2, -0.15) is 5.26 Å². The fourth-order valence-electron chi connectivity index (χ4n) is 3.61. The highest BCUT2D eigenvalue weighted by Crippen LogP contribution is 2.44. The van der Waals surface area contributed by atoms with Gasteiger partial charge in [0, 0.05) is 29.6 Å². The Morgan fingerprint density at radius 3 is 2.84 bits per heavy atom. The molecule has 0 amide bonds. The Bertz CT molecular complexity index is 971. The molecule has 0 spiro atoms. The SMILES string of the molecule is CC(C)(Sc1ccccc1C#N)[C@H]1OC[C@@H](C/C=C\CCC(=O)O)[C@@H](c2cccnc2)O1. The van der Waals surface area contributed by atoms with Crippen molar-refractivity contribution in [3.63, 3.8) is 0 Å². The average molecular weight is 453 g/mol. The maximum absolute atomic E-state index is 10.7. The first-order valence-electron chi connectivity index (χ1n) is 10.6. The van der Waals surface area contributed by atoms with Gasteiger partial charge < -0.3 is 14.6 Å². The molecule has 1 saturated heterocycles. The Balaban J connectivity index is 1.74. The number of nitriles is 1. The highest BCUT2D eigenvalue weighted by molar-refractivity contribution is 8.00. The van der Waals surface area contributed by atoms with E-state index in [-0.39, 0.29) is 18.4 Å². The van der Waals surface area contributed by atoms with Crippen LogP contribution in [-0.2, 0) is 14.3 Å². The van der Waals surface area contributed by atoms with E-state index >= 15 is 0 Å². The largest absolute Gasteiger partial charge is 0.481 e. The molecule has 0 bridgehead atoms. The topological polar surface area (TPSA) is 92.4 Å². The Morgan fingerprint density at radius 1 is 1.31 bits per heavy atom. The molecule has 1 N–H and O–H groups in total. The molecule has 3 rings (SSSR count). The second kappa shape index (κ2) is 11.3. The molecule has 6 nitrogen and oxygen atoms in total. The number of thioether (sulfide) groups is 1. The molecule has 1 aromatic heterocycles. The smallest absolute Gasteiger partial charge is 0.303 e. The van der Waals surface area contributed by atoms with Crippen LogP contribution in [0.15, 0.2) is 65.8 Å². The zero-order valence-corrected chi connectivity index (χ0v) is 19.1. The van der Waals surface area contributed by atoms with Gasteiger partial charge in [0.15, 0.2) is 6.29 Å². The molecule has 0 saturated carbocycles. The van der Waals surface area contributed by atoms with Crippen LogP contribution in [0.1, 0.15) is 50.3 Å². The molecular weight excluding hydrogens is 424 g/mol. The van der Waals surface area contributed by atoms with Crippen molar-refractivity contribution in [3.05, 3.63) is 72.1 Å². The number of carboxylic acid groups (broad SMARTS) is 1. The van der Waals surface area contributed by atoms with Gasteiger partial charge in [-0.25, -0.2) is 0 Å². The maximum Gasteiger partial charge on any atom is 0.303 e. The van der Waals surface area contributed by atoms with Gasteiger partial charge in [-0.15, -0.1) is 11.8 Å². The van der Waals surface area contributed by atoms with Gasteiger partial charge in [-0.1, -0.05) is 30.4 Å². The Kier molecular flexibility index (Phi) is 8.46. The van der Waals surface area contributed by atoms with Crippen molar-refractivity contribution in [2.75, 3.05) is 6.61 Å². The lowest BCUT2D eigenvalue weighted by atomic mass is 9.92. The lowest BCUT2D eigenvalue weighted by Crippen LogP contribution is -2.45. The molecule has 1 fully saturated rings. The summed E-state index contributed by atoms with van der Waals surface area (Å²) in [4.78, 5) is 15.9. The molecule has 0 aliphatic carbocycles. The average Bonchev–Trinajstić information content (AvgIpc) is 2.79. The fourth-order valence-corrected chi connectivity index (χ4v) is 4.77. The zero-order chi connectivity index (χ0) is 23.0. The number of pyridine rings is 1. The van der Waals surface area contributed by atoms with Gasteiger partial charge in [-0.05, 0) is 50.5 Å². The first-order valence-corrected chi connectivity index (χ1v) is 11.4. The van der Waals surface area contributed by atoms with Crippen LogP contribution in [0.2, 0.25) is 0 Å². The van der Waals surface area contributed by atoms with E-state index in [9.17, 15) is 10.1 Å². The number of aliphatic carboxylic acids is 1. The van der Waals surface area contributed by atoms with Crippen LogP contribution in [0.25, 0.3) is 0 Å². The monoisotopic (exact) mass is 452 g/mol. The third kappa shape index (κ3) is 6.42. The standard InChI is InChI=1S/C25H28N2O4S/c1-25(2,32-21-12-7-6-9-18(21)15-26)24-30-17-20(10-4-3-5-13-22(28)29)23(31-24)19-11-8-14-27-16-19/h3-4,6-9,11-12,14,16,20,23-24H,5,10,13,17H2,1-2H3,(H,28,29)/b4-3-/t20-,23-,24+/m1/s1. The quantitative estimate of drug-likeness (QED) is 0.404. The van der Waals surface area contributed by atoms with E-state index in [2.05, 4.69) is 24.9 Å². The molecule has 1 aliphatic heterocycles. The summed E-state index contributed by atoms with van der Waals surface area (Å²) in [6, 6.07) is 13.7. The van der Waals surface area contributed by atoms with Gasteiger partial charge in [0.1, 0.15) is 6.07 Å². The number of hydrogen-bond acceptors (Lipinski definition) is 6. The summed E-state index contributed by atoms with van der Waals surface area (Å²) >= 11 is 1.57. The molecule has 0 radical (unpaired) electrons. The third-order valence-corrected chi connectivity index (χ3v) is 6.55. The summed E-state index contributed by atoms with van der Waals surface area (Å²) in [6.07, 6.45) is 8.14. The number of rotatable bonds is 9. The molecule has 2 aromatic rings. The molecule has 1 aromatic carbocycles. The van der Waals surface area contributed by atoms with Crippen LogP contribution >= 0.6 is 11.8 Å². The molecular formula is C25H28N2O4S. The second-order valence-electron chi connectivity index (χ2n) is 8.22.